The molecule has 3 aromatic rings. The molecule has 2 amide bonds. The van der Waals surface area contributed by atoms with Gasteiger partial charge in [0, 0.05) is 29.3 Å². The van der Waals surface area contributed by atoms with Gasteiger partial charge in [-0.05, 0) is 30.2 Å². The van der Waals surface area contributed by atoms with Crippen LogP contribution in [-0.4, -0.2) is 16.8 Å². The summed E-state index contributed by atoms with van der Waals surface area (Å²) in [4.78, 5) is 29.2. The molecule has 5 nitrogen and oxygen atoms in total. The molecule has 126 valence electrons. The van der Waals surface area contributed by atoms with Crippen LogP contribution in [-0.2, 0) is 6.42 Å². The van der Waals surface area contributed by atoms with E-state index in [2.05, 4.69) is 10.3 Å². The van der Waals surface area contributed by atoms with Crippen molar-refractivity contribution in [3.63, 3.8) is 0 Å². The topological polar surface area (TPSA) is 85.1 Å². The molecule has 2 aromatic heterocycles. The number of primary amides is 1. The summed E-state index contributed by atoms with van der Waals surface area (Å²) in [5.74, 6) is -0.837. The number of rotatable bonds is 5. The van der Waals surface area contributed by atoms with E-state index in [0.29, 0.717) is 22.5 Å². The van der Waals surface area contributed by atoms with E-state index in [9.17, 15) is 9.59 Å². The highest BCUT2D eigenvalue weighted by Gasteiger charge is 2.21. The molecule has 0 atom stereocenters. The molecule has 0 bridgehead atoms. The number of thiophene rings is 1. The monoisotopic (exact) mass is 351 g/mol. The van der Waals surface area contributed by atoms with Crippen LogP contribution in [0.3, 0.4) is 0 Å². The number of nitrogens with two attached hydrogens (primary N) is 1. The van der Waals surface area contributed by atoms with Crippen LogP contribution in [0.15, 0.2) is 54.9 Å². The van der Waals surface area contributed by atoms with Crippen molar-refractivity contribution in [1.82, 2.24) is 4.98 Å². The van der Waals surface area contributed by atoms with Crippen molar-refractivity contribution >= 4 is 28.2 Å². The molecular weight excluding hydrogens is 334 g/mol. The maximum absolute atomic E-state index is 12.4. The Kier molecular flexibility index (Phi) is 4.90. The fourth-order valence-corrected chi connectivity index (χ4v) is 3.81. The molecule has 3 N–H and O–H groups in total. The van der Waals surface area contributed by atoms with Gasteiger partial charge in [0.05, 0.1) is 5.56 Å². The van der Waals surface area contributed by atoms with E-state index in [1.165, 1.54) is 11.3 Å². The van der Waals surface area contributed by atoms with Gasteiger partial charge >= 0.3 is 0 Å². The van der Waals surface area contributed by atoms with E-state index in [1.54, 1.807) is 24.5 Å². The number of benzene rings is 1. The Balaban J connectivity index is 1.92. The van der Waals surface area contributed by atoms with Gasteiger partial charge in [0.2, 0.25) is 0 Å². The van der Waals surface area contributed by atoms with Gasteiger partial charge < -0.3 is 11.1 Å². The Bertz CT molecular complexity index is 905. The van der Waals surface area contributed by atoms with E-state index in [4.69, 9.17) is 5.73 Å². The van der Waals surface area contributed by atoms with Crippen molar-refractivity contribution < 1.29 is 9.59 Å². The van der Waals surface area contributed by atoms with Crippen molar-refractivity contribution in [2.24, 2.45) is 5.73 Å². The van der Waals surface area contributed by atoms with Crippen molar-refractivity contribution in [2.45, 2.75) is 13.3 Å². The maximum Gasteiger partial charge on any atom is 0.256 e. The summed E-state index contributed by atoms with van der Waals surface area (Å²) < 4.78 is 0. The molecule has 3 rings (SSSR count). The lowest BCUT2D eigenvalue weighted by Gasteiger charge is -2.04. The Morgan fingerprint density at radius 3 is 2.44 bits per heavy atom. The van der Waals surface area contributed by atoms with Crippen LogP contribution in [0, 0.1) is 6.92 Å². The third-order valence-corrected chi connectivity index (χ3v) is 5.08. The summed E-state index contributed by atoms with van der Waals surface area (Å²) in [5.41, 5.74) is 8.34. The van der Waals surface area contributed by atoms with Crippen molar-refractivity contribution in [3.05, 3.63) is 82.0 Å². The minimum atomic E-state index is -0.543. The second-order valence-corrected chi connectivity index (χ2v) is 6.68. The standard InChI is InChI=1S/C19H17N3O2S/c1-12-15(11-13-5-3-2-4-6-13)25-19(16(12)17(20)23)22-18(24)14-7-9-21-10-8-14/h2-10H,11H2,1H3,(H2,20,23)(H,22,24). The quantitative estimate of drug-likeness (QED) is 0.739. The number of hydrogen-bond donors (Lipinski definition) is 2. The summed E-state index contributed by atoms with van der Waals surface area (Å²) >= 11 is 1.38. The molecule has 1 aromatic carbocycles. The van der Waals surface area contributed by atoms with E-state index >= 15 is 0 Å². The molecule has 0 fully saturated rings. The summed E-state index contributed by atoms with van der Waals surface area (Å²) in [7, 11) is 0. The number of carbonyl (C=O) groups is 2. The molecule has 6 heteroatoms. The highest BCUT2D eigenvalue weighted by molar-refractivity contribution is 7.17. The minimum Gasteiger partial charge on any atom is -0.365 e. The fourth-order valence-electron chi connectivity index (χ4n) is 2.57. The predicted molar refractivity (Wildman–Crippen MR) is 99.0 cm³/mol. The number of hydrogen-bond acceptors (Lipinski definition) is 4. The number of nitrogens with zero attached hydrogens (tertiary/aromatic N) is 1. The van der Waals surface area contributed by atoms with Crippen LogP contribution in [0.1, 0.15) is 36.7 Å². The molecule has 0 aliphatic heterocycles. The number of nitrogens with one attached hydrogen (secondary N) is 1. The van der Waals surface area contributed by atoms with Crippen LogP contribution in [0.25, 0.3) is 0 Å². The summed E-state index contributed by atoms with van der Waals surface area (Å²) in [5, 5.41) is 3.29. The van der Waals surface area contributed by atoms with E-state index in [1.807, 2.05) is 37.3 Å². The highest BCUT2D eigenvalue weighted by atomic mass is 32.1. The van der Waals surface area contributed by atoms with E-state index in [-0.39, 0.29) is 5.91 Å². The first-order valence-corrected chi connectivity index (χ1v) is 8.55. The first-order chi connectivity index (χ1) is 12.1. The molecular formula is C19H17N3O2S. The highest BCUT2D eigenvalue weighted by Crippen LogP contribution is 2.34. The largest absolute Gasteiger partial charge is 0.365 e. The van der Waals surface area contributed by atoms with Crippen LogP contribution in [0.2, 0.25) is 0 Å². The normalized spacial score (nSPS) is 10.4. The van der Waals surface area contributed by atoms with Crippen LogP contribution in [0.4, 0.5) is 5.00 Å². The Hall–Kier alpha value is -2.99. The van der Waals surface area contributed by atoms with Gasteiger partial charge in [0.1, 0.15) is 5.00 Å². The number of amides is 2. The lowest BCUT2D eigenvalue weighted by Crippen LogP contribution is -2.17. The Morgan fingerprint density at radius 1 is 1.12 bits per heavy atom. The van der Waals surface area contributed by atoms with E-state index in [0.717, 1.165) is 16.0 Å². The van der Waals surface area contributed by atoms with Gasteiger partial charge in [0.15, 0.2) is 0 Å². The van der Waals surface area contributed by atoms with Gasteiger partial charge in [-0.2, -0.15) is 0 Å². The van der Waals surface area contributed by atoms with Gasteiger partial charge in [-0.3, -0.25) is 14.6 Å². The zero-order chi connectivity index (χ0) is 17.8. The summed E-state index contributed by atoms with van der Waals surface area (Å²) in [6.45, 7) is 1.86. The molecule has 0 saturated heterocycles. The molecule has 0 saturated carbocycles. The van der Waals surface area contributed by atoms with Gasteiger partial charge in [-0.1, -0.05) is 30.3 Å². The lowest BCUT2D eigenvalue weighted by molar-refractivity contribution is 0.100. The number of aromatic nitrogens is 1. The predicted octanol–water partition coefficient (Wildman–Crippen LogP) is 3.39. The maximum atomic E-state index is 12.4. The zero-order valence-corrected chi connectivity index (χ0v) is 14.5. The Labute approximate surface area is 149 Å². The van der Waals surface area contributed by atoms with Crippen molar-refractivity contribution in [2.75, 3.05) is 5.32 Å². The fraction of sp³-hybridized carbons (Fsp3) is 0.105. The average molecular weight is 351 g/mol. The number of pyridine rings is 1. The number of anilines is 1. The third-order valence-electron chi connectivity index (χ3n) is 3.87. The first kappa shape index (κ1) is 16.9. The van der Waals surface area contributed by atoms with E-state index < -0.39 is 5.91 Å². The number of carbonyl (C=O) groups excluding carboxylic acids is 2. The van der Waals surface area contributed by atoms with Gasteiger partial charge in [-0.25, -0.2) is 0 Å². The minimum absolute atomic E-state index is 0.294. The molecule has 0 unspecified atom stereocenters. The second kappa shape index (κ2) is 7.27. The van der Waals surface area contributed by atoms with Crippen LogP contribution >= 0.6 is 11.3 Å². The smallest absolute Gasteiger partial charge is 0.256 e. The van der Waals surface area contributed by atoms with Gasteiger partial charge in [0.25, 0.3) is 11.8 Å². The second-order valence-electron chi connectivity index (χ2n) is 5.57. The third kappa shape index (κ3) is 3.75. The molecule has 25 heavy (non-hydrogen) atoms. The van der Waals surface area contributed by atoms with Crippen molar-refractivity contribution in [3.8, 4) is 0 Å². The zero-order valence-electron chi connectivity index (χ0n) is 13.7. The van der Waals surface area contributed by atoms with Gasteiger partial charge in [-0.15, -0.1) is 11.3 Å². The van der Waals surface area contributed by atoms with Crippen molar-refractivity contribution in [1.29, 1.82) is 0 Å². The Morgan fingerprint density at radius 2 is 1.80 bits per heavy atom. The molecule has 0 aliphatic carbocycles. The molecule has 0 radical (unpaired) electrons. The average Bonchev–Trinajstić information content (AvgIpc) is 2.92. The molecule has 0 spiro atoms. The SMILES string of the molecule is Cc1c(Cc2ccccc2)sc(NC(=O)c2ccncc2)c1C(N)=O. The summed E-state index contributed by atoms with van der Waals surface area (Å²) in [6, 6.07) is 13.2. The first-order valence-electron chi connectivity index (χ1n) is 7.73. The van der Waals surface area contributed by atoms with Crippen LogP contribution < -0.4 is 11.1 Å². The summed E-state index contributed by atoms with van der Waals surface area (Å²) in [6.07, 6.45) is 3.78. The van der Waals surface area contributed by atoms with Crippen LogP contribution in [0.5, 0.6) is 0 Å². The lowest BCUT2D eigenvalue weighted by atomic mass is 10.1. The molecule has 2 heterocycles. The molecule has 0 aliphatic rings.